The summed E-state index contributed by atoms with van der Waals surface area (Å²) in [6.07, 6.45) is 0. The molecule has 0 heterocycles. The molecule has 1 unspecified atom stereocenters. The number of fused-ring (bicyclic) bond motifs is 1. The minimum absolute atomic E-state index is 0.0722. The van der Waals surface area contributed by atoms with Crippen LogP contribution in [0.4, 0.5) is 0 Å². The summed E-state index contributed by atoms with van der Waals surface area (Å²) in [6.45, 7) is 2.09. The summed E-state index contributed by atoms with van der Waals surface area (Å²) in [5, 5.41) is 20.7. The summed E-state index contributed by atoms with van der Waals surface area (Å²) in [7, 11) is 0. The third kappa shape index (κ3) is 2.42. The molecule has 0 fully saturated rings. The van der Waals surface area contributed by atoms with Crippen LogP contribution in [0.15, 0.2) is 60.7 Å². The van der Waals surface area contributed by atoms with Crippen molar-refractivity contribution >= 4 is 16.7 Å². The quantitative estimate of drug-likeness (QED) is 0.752. The van der Waals surface area contributed by atoms with Crippen molar-refractivity contribution in [1.29, 1.82) is 0 Å². The Morgan fingerprint density at radius 3 is 2.32 bits per heavy atom. The molecule has 0 aliphatic carbocycles. The van der Waals surface area contributed by atoms with Crippen molar-refractivity contribution in [2.45, 2.75) is 12.8 Å². The Hall–Kier alpha value is -2.81. The van der Waals surface area contributed by atoms with Gasteiger partial charge in [-0.2, -0.15) is 0 Å². The maximum absolute atomic E-state index is 11.1. The van der Waals surface area contributed by atoms with Crippen LogP contribution in [0.2, 0.25) is 0 Å². The van der Waals surface area contributed by atoms with E-state index in [9.17, 15) is 9.90 Å². The predicted octanol–water partition coefficient (Wildman–Crippen LogP) is 4.40. The molecule has 1 atom stereocenters. The number of carboxylic acid groups (broad SMARTS) is 1. The molecule has 0 radical (unpaired) electrons. The fourth-order valence-electron chi connectivity index (χ4n) is 2.70. The molecule has 0 aliphatic heterocycles. The number of aromatic hydroxyl groups is 1. The van der Waals surface area contributed by atoms with Crippen LogP contribution in [0.5, 0.6) is 5.75 Å². The minimum Gasteiger partial charge on any atom is -0.506 e. The van der Waals surface area contributed by atoms with Gasteiger partial charge in [-0.15, -0.1) is 0 Å². The second kappa shape index (κ2) is 5.53. The van der Waals surface area contributed by atoms with Crippen LogP contribution in [-0.2, 0) is 0 Å². The van der Waals surface area contributed by atoms with E-state index in [1.165, 1.54) is 11.6 Å². The van der Waals surface area contributed by atoms with E-state index in [-0.39, 0.29) is 17.2 Å². The number of hydrogen-bond donors (Lipinski definition) is 2. The molecule has 0 aliphatic rings. The van der Waals surface area contributed by atoms with Gasteiger partial charge < -0.3 is 10.2 Å². The zero-order chi connectivity index (χ0) is 15.7. The summed E-state index contributed by atoms with van der Waals surface area (Å²) < 4.78 is 0. The van der Waals surface area contributed by atoms with Crippen molar-refractivity contribution in [2.24, 2.45) is 0 Å². The lowest BCUT2D eigenvalue weighted by Gasteiger charge is -2.14. The van der Waals surface area contributed by atoms with E-state index >= 15 is 0 Å². The number of phenols is 1. The van der Waals surface area contributed by atoms with Gasteiger partial charge in [0.1, 0.15) is 11.3 Å². The summed E-state index contributed by atoms with van der Waals surface area (Å²) >= 11 is 0. The normalized spacial score (nSPS) is 12.2. The average molecular weight is 292 g/mol. The van der Waals surface area contributed by atoms with Crippen molar-refractivity contribution in [3.05, 3.63) is 77.4 Å². The number of carboxylic acids is 1. The second-order valence-electron chi connectivity index (χ2n) is 5.38. The molecule has 3 rings (SSSR count). The average Bonchev–Trinajstić information content (AvgIpc) is 2.55. The first-order chi connectivity index (χ1) is 10.6. The molecule has 3 heteroatoms. The fraction of sp³-hybridized carbons (Fsp3) is 0.105. The predicted molar refractivity (Wildman–Crippen MR) is 86.5 cm³/mol. The zero-order valence-electron chi connectivity index (χ0n) is 12.2. The van der Waals surface area contributed by atoms with Gasteiger partial charge in [0, 0.05) is 11.3 Å². The molecule has 3 aromatic carbocycles. The van der Waals surface area contributed by atoms with Crippen molar-refractivity contribution in [2.75, 3.05) is 0 Å². The Morgan fingerprint density at radius 1 is 0.955 bits per heavy atom. The van der Waals surface area contributed by atoms with E-state index in [0.29, 0.717) is 5.39 Å². The van der Waals surface area contributed by atoms with E-state index in [4.69, 9.17) is 5.11 Å². The number of hydrogen-bond acceptors (Lipinski definition) is 2. The lowest BCUT2D eigenvalue weighted by Crippen LogP contribution is -1.98. The van der Waals surface area contributed by atoms with E-state index in [2.05, 4.69) is 19.1 Å². The highest BCUT2D eigenvalue weighted by Crippen LogP contribution is 2.33. The van der Waals surface area contributed by atoms with E-state index < -0.39 is 5.97 Å². The molecule has 3 nitrogen and oxygen atoms in total. The van der Waals surface area contributed by atoms with Gasteiger partial charge in [-0.05, 0) is 28.6 Å². The highest BCUT2D eigenvalue weighted by atomic mass is 16.4. The third-order valence-corrected chi connectivity index (χ3v) is 4.05. The number of carbonyl (C=O) groups is 1. The van der Waals surface area contributed by atoms with E-state index in [1.54, 1.807) is 6.07 Å². The SMILES string of the molecule is CC(c1ccccc1)c1ccc2ccc(C(=O)O)c(O)c2c1. The topological polar surface area (TPSA) is 57.5 Å². The van der Waals surface area contributed by atoms with Gasteiger partial charge in [-0.1, -0.05) is 55.5 Å². The fourth-order valence-corrected chi connectivity index (χ4v) is 2.70. The van der Waals surface area contributed by atoms with Gasteiger partial charge in [0.2, 0.25) is 0 Å². The number of benzene rings is 3. The molecular formula is C19H16O3. The maximum Gasteiger partial charge on any atom is 0.339 e. The first-order valence-corrected chi connectivity index (χ1v) is 7.12. The van der Waals surface area contributed by atoms with Crippen LogP contribution in [0.3, 0.4) is 0 Å². The third-order valence-electron chi connectivity index (χ3n) is 4.05. The van der Waals surface area contributed by atoms with Gasteiger partial charge in [0.05, 0.1) is 0 Å². The smallest absolute Gasteiger partial charge is 0.339 e. The largest absolute Gasteiger partial charge is 0.506 e. The molecule has 0 aromatic heterocycles. The summed E-state index contributed by atoms with van der Waals surface area (Å²) in [4.78, 5) is 11.1. The van der Waals surface area contributed by atoms with Gasteiger partial charge in [0.15, 0.2) is 0 Å². The molecule has 0 saturated heterocycles. The van der Waals surface area contributed by atoms with Crippen molar-refractivity contribution in [3.8, 4) is 5.75 Å². The molecule has 0 spiro atoms. The molecule has 0 bridgehead atoms. The van der Waals surface area contributed by atoms with E-state index in [1.807, 2.05) is 36.4 Å². The van der Waals surface area contributed by atoms with Crippen LogP contribution < -0.4 is 0 Å². The Labute approximate surface area is 128 Å². The van der Waals surface area contributed by atoms with Crippen molar-refractivity contribution in [1.82, 2.24) is 0 Å². The molecule has 0 saturated carbocycles. The maximum atomic E-state index is 11.1. The zero-order valence-corrected chi connectivity index (χ0v) is 12.2. The van der Waals surface area contributed by atoms with Gasteiger partial charge in [-0.25, -0.2) is 4.79 Å². The van der Waals surface area contributed by atoms with Gasteiger partial charge >= 0.3 is 5.97 Å². The Bertz CT molecular complexity index is 838. The first-order valence-electron chi connectivity index (χ1n) is 7.12. The van der Waals surface area contributed by atoms with Crippen LogP contribution in [0, 0.1) is 0 Å². The summed E-state index contributed by atoms with van der Waals surface area (Å²) in [5.41, 5.74) is 2.14. The van der Waals surface area contributed by atoms with Gasteiger partial charge in [0.25, 0.3) is 0 Å². The molecule has 22 heavy (non-hydrogen) atoms. The van der Waals surface area contributed by atoms with Crippen LogP contribution >= 0.6 is 0 Å². The molecule has 2 N–H and O–H groups in total. The number of aromatic carboxylic acids is 1. The molecule has 110 valence electrons. The Kier molecular flexibility index (Phi) is 3.55. The van der Waals surface area contributed by atoms with Crippen molar-refractivity contribution in [3.63, 3.8) is 0 Å². The first kappa shape index (κ1) is 14.1. The highest BCUT2D eigenvalue weighted by molar-refractivity contribution is 6.00. The Morgan fingerprint density at radius 2 is 1.64 bits per heavy atom. The Balaban J connectivity index is 2.13. The van der Waals surface area contributed by atoms with Gasteiger partial charge in [-0.3, -0.25) is 0 Å². The molecule has 3 aromatic rings. The lowest BCUT2D eigenvalue weighted by molar-refractivity contribution is 0.0694. The summed E-state index contributed by atoms with van der Waals surface area (Å²) in [6, 6.07) is 19.0. The standard InChI is InChI=1S/C19H16O3/c1-12(13-5-3-2-4-6-13)15-8-7-14-9-10-16(19(21)22)18(20)17(14)11-15/h2-12,20H,1H3,(H,21,22). The van der Waals surface area contributed by atoms with Crippen LogP contribution in [-0.4, -0.2) is 16.2 Å². The van der Waals surface area contributed by atoms with Crippen LogP contribution in [0.1, 0.15) is 34.3 Å². The van der Waals surface area contributed by atoms with Crippen molar-refractivity contribution < 1.29 is 15.0 Å². The van der Waals surface area contributed by atoms with E-state index in [0.717, 1.165) is 10.9 Å². The molecular weight excluding hydrogens is 276 g/mol. The summed E-state index contributed by atoms with van der Waals surface area (Å²) in [5.74, 6) is -1.13. The lowest BCUT2D eigenvalue weighted by atomic mass is 9.91. The number of rotatable bonds is 3. The van der Waals surface area contributed by atoms with Crippen LogP contribution in [0.25, 0.3) is 10.8 Å². The highest BCUT2D eigenvalue weighted by Gasteiger charge is 2.14. The monoisotopic (exact) mass is 292 g/mol. The molecule has 0 amide bonds. The minimum atomic E-state index is -1.12. The second-order valence-corrected chi connectivity index (χ2v) is 5.38.